The fourth-order valence-corrected chi connectivity index (χ4v) is 1.09. The predicted molar refractivity (Wildman–Crippen MR) is 39.8 cm³/mol. The summed E-state index contributed by atoms with van der Waals surface area (Å²) in [6.45, 7) is 0. The van der Waals surface area contributed by atoms with Crippen molar-refractivity contribution in [2.24, 2.45) is 0 Å². The van der Waals surface area contributed by atoms with Crippen LogP contribution in [0, 0.1) is 0 Å². The Labute approximate surface area is 68.4 Å². The normalized spacial score (nSPS) is 11.4. The third-order valence-electron chi connectivity index (χ3n) is 0.842. The van der Waals surface area contributed by atoms with Crippen molar-refractivity contribution in [3.63, 3.8) is 0 Å². The zero-order valence-corrected chi connectivity index (χ0v) is 6.89. The summed E-state index contributed by atoms with van der Waals surface area (Å²) in [6, 6.07) is 1.38. The van der Waals surface area contributed by atoms with Crippen LogP contribution in [0.15, 0.2) is 16.9 Å². The minimum atomic E-state index is -3.45. The van der Waals surface area contributed by atoms with Gasteiger partial charge in [-0.3, -0.25) is 4.72 Å². The van der Waals surface area contributed by atoms with E-state index < -0.39 is 15.2 Å². The van der Waals surface area contributed by atoms with Gasteiger partial charge in [-0.1, -0.05) is 5.16 Å². The Balaban J connectivity index is 2.72. The molecule has 0 aromatic carbocycles. The Morgan fingerprint density at radius 1 is 1.73 bits per heavy atom. The van der Waals surface area contributed by atoms with Gasteiger partial charge in [0.2, 0.25) is 10.0 Å². The third kappa shape index (κ3) is 2.39. The smallest absolute Gasteiger partial charge is 0.248 e. The number of nitrogens with one attached hydrogen (secondary N) is 1. The topological polar surface area (TPSA) is 72.2 Å². The second-order valence-electron chi connectivity index (χ2n) is 1.71. The summed E-state index contributed by atoms with van der Waals surface area (Å²) < 4.78 is 28.0. The second kappa shape index (κ2) is 3.10. The van der Waals surface area contributed by atoms with Crippen molar-refractivity contribution in [1.82, 2.24) is 5.16 Å². The third-order valence-corrected chi connectivity index (χ3v) is 2.51. The molecule has 0 saturated carbocycles. The highest BCUT2D eigenvalue weighted by Crippen LogP contribution is 2.04. The van der Waals surface area contributed by atoms with Crippen molar-refractivity contribution in [3.8, 4) is 0 Å². The Hall–Kier alpha value is -0.750. The molecule has 0 saturated heterocycles. The van der Waals surface area contributed by atoms with E-state index in [4.69, 9.17) is 11.6 Å². The van der Waals surface area contributed by atoms with Crippen molar-refractivity contribution in [1.29, 1.82) is 0 Å². The lowest BCUT2D eigenvalue weighted by atomic mass is 10.7. The molecule has 0 fully saturated rings. The standard InChI is InChI=1S/C4H5ClN2O3S/c5-3-11(8,9)7-4-1-2-10-6-4/h1-2H,3H2,(H,6,7). The summed E-state index contributed by atoms with van der Waals surface area (Å²) in [5, 5.41) is 2.83. The van der Waals surface area contributed by atoms with Crippen LogP contribution in [0.4, 0.5) is 5.82 Å². The van der Waals surface area contributed by atoms with Gasteiger partial charge in [-0.05, 0) is 0 Å². The maximum atomic E-state index is 10.7. The number of hydrogen-bond acceptors (Lipinski definition) is 4. The Morgan fingerprint density at radius 3 is 2.91 bits per heavy atom. The molecule has 11 heavy (non-hydrogen) atoms. The number of sulfonamides is 1. The van der Waals surface area contributed by atoms with E-state index in [0.29, 0.717) is 0 Å². The lowest BCUT2D eigenvalue weighted by Gasteiger charge is -1.97. The van der Waals surface area contributed by atoms with Crippen LogP contribution in [0.2, 0.25) is 0 Å². The first-order valence-electron chi connectivity index (χ1n) is 2.61. The zero-order chi connectivity index (χ0) is 8.32. The van der Waals surface area contributed by atoms with Crippen LogP contribution < -0.4 is 4.72 Å². The van der Waals surface area contributed by atoms with E-state index in [9.17, 15) is 8.42 Å². The summed E-state index contributed by atoms with van der Waals surface area (Å²) >= 11 is 5.10. The lowest BCUT2D eigenvalue weighted by molar-refractivity contribution is 0.423. The maximum Gasteiger partial charge on any atom is 0.248 e. The molecule has 0 aliphatic rings. The minimum absolute atomic E-state index is 0.130. The molecular formula is C4H5ClN2O3S. The molecule has 0 aliphatic heterocycles. The zero-order valence-electron chi connectivity index (χ0n) is 5.32. The van der Waals surface area contributed by atoms with E-state index in [1.54, 1.807) is 0 Å². The number of alkyl halides is 1. The number of halogens is 1. The predicted octanol–water partition coefficient (Wildman–Crippen LogP) is 0.613. The van der Waals surface area contributed by atoms with Gasteiger partial charge >= 0.3 is 0 Å². The molecule has 1 rings (SSSR count). The number of anilines is 1. The molecule has 0 radical (unpaired) electrons. The van der Waals surface area contributed by atoms with Gasteiger partial charge in [0, 0.05) is 6.07 Å². The van der Waals surface area contributed by atoms with Gasteiger partial charge in [-0.25, -0.2) is 8.42 Å². The van der Waals surface area contributed by atoms with Crippen LogP contribution in [0.3, 0.4) is 0 Å². The molecule has 0 amide bonds. The summed E-state index contributed by atoms with van der Waals surface area (Å²) in [5.74, 6) is 0.130. The fourth-order valence-electron chi connectivity index (χ4n) is 0.452. The molecule has 0 spiro atoms. The van der Waals surface area contributed by atoms with Gasteiger partial charge in [0.25, 0.3) is 0 Å². The van der Waals surface area contributed by atoms with Gasteiger partial charge in [0.1, 0.15) is 11.5 Å². The molecule has 62 valence electrons. The van der Waals surface area contributed by atoms with E-state index in [2.05, 4.69) is 14.4 Å². The van der Waals surface area contributed by atoms with E-state index in [1.807, 2.05) is 0 Å². The SMILES string of the molecule is O=S(=O)(CCl)Nc1ccon1. The van der Waals surface area contributed by atoms with Crippen molar-refractivity contribution < 1.29 is 12.9 Å². The molecule has 1 heterocycles. The lowest BCUT2D eigenvalue weighted by Crippen LogP contribution is -2.13. The van der Waals surface area contributed by atoms with E-state index in [-0.39, 0.29) is 5.82 Å². The van der Waals surface area contributed by atoms with Crippen molar-refractivity contribution >= 4 is 27.4 Å². The summed E-state index contributed by atoms with van der Waals surface area (Å²) in [5.41, 5.74) is 0. The average molecular weight is 197 g/mol. The first-order chi connectivity index (χ1) is 5.14. The molecule has 0 atom stereocenters. The van der Waals surface area contributed by atoms with Crippen molar-refractivity contribution in [2.45, 2.75) is 0 Å². The van der Waals surface area contributed by atoms with Crippen LogP contribution in [0.25, 0.3) is 0 Å². The molecule has 7 heteroatoms. The van der Waals surface area contributed by atoms with Gasteiger partial charge in [-0.2, -0.15) is 0 Å². The maximum absolute atomic E-state index is 10.7. The monoisotopic (exact) mass is 196 g/mol. The number of nitrogens with zero attached hydrogens (tertiary/aromatic N) is 1. The molecule has 0 unspecified atom stereocenters. The first-order valence-corrected chi connectivity index (χ1v) is 4.79. The highest BCUT2D eigenvalue weighted by Gasteiger charge is 2.08. The van der Waals surface area contributed by atoms with Gasteiger partial charge in [0.15, 0.2) is 5.82 Å². The second-order valence-corrected chi connectivity index (χ2v) is 4.02. The average Bonchev–Trinajstić information content (AvgIpc) is 2.39. The van der Waals surface area contributed by atoms with E-state index >= 15 is 0 Å². The summed E-state index contributed by atoms with van der Waals surface area (Å²) in [4.78, 5) is 0. The Kier molecular flexibility index (Phi) is 2.35. The van der Waals surface area contributed by atoms with Gasteiger partial charge in [0.05, 0.1) is 0 Å². The number of hydrogen-bond donors (Lipinski definition) is 1. The fraction of sp³-hybridized carbons (Fsp3) is 0.250. The highest BCUT2D eigenvalue weighted by atomic mass is 35.5. The van der Waals surface area contributed by atoms with E-state index in [1.165, 1.54) is 12.3 Å². The first kappa shape index (κ1) is 8.35. The molecule has 1 aromatic heterocycles. The van der Waals surface area contributed by atoms with Crippen LogP contribution in [0.5, 0.6) is 0 Å². The number of aromatic nitrogens is 1. The summed E-state index contributed by atoms with van der Waals surface area (Å²) in [6.07, 6.45) is 1.26. The summed E-state index contributed by atoms with van der Waals surface area (Å²) in [7, 11) is -3.45. The minimum Gasteiger partial charge on any atom is -0.363 e. The molecule has 0 bridgehead atoms. The molecule has 1 aromatic rings. The Morgan fingerprint density at radius 2 is 2.45 bits per heavy atom. The van der Waals surface area contributed by atoms with Gasteiger partial charge in [-0.15, -0.1) is 11.6 Å². The van der Waals surface area contributed by atoms with Crippen LogP contribution >= 0.6 is 11.6 Å². The molecule has 1 N–H and O–H groups in total. The molecular weight excluding hydrogens is 192 g/mol. The molecule has 0 aliphatic carbocycles. The van der Waals surface area contributed by atoms with Crippen molar-refractivity contribution in [3.05, 3.63) is 12.3 Å². The number of rotatable bonds is 3. The van der Waals surface area contributed by atoms with Gasteiger partial charge < -0.3 is 4.52 Å². The van der Waals surface area contributed by atoms with Crippen LogP contribution in [0.1, 0.15) is 0 Å². The highest BCUT2D eigenvalue weighted by molar-refractivity contribution is 7.93. The van der Waals surface area contributed by atoms with Crippen molar-refractivity contribution in [2.75, 3.05) is 9.93 Å². The van der Waals surface area contributed by atoms with E-state index in [0.717, 1.165) is 0 Å². The molecule has 5 nitrogen and oxygen atoms in total. The largest absolute Gasteiger partial charge is 0.363 e. The Bertz CT molecular complexity index is 306. The quantitative estimate of drug-likeness (QED) is 0.720. The van der Waals surface area contributed by atoms with Crippen LogP contribution in [-0.2, 0) is 10.0 Å². The van der Waals surface area contributed by atoms with Crippen LogP contribution in [-0.4, -0.2) is 18.8 Å².